The van der Waals surface area contributed by atoms with Gasteiger partial charge in [0.15, 0.2) is 0 Å². The zero-order valence-electron chi connectivity index (χ0n) is 17.7. The smallest absolute Gasteiger partial charge is 0.118 e. The van der Waals surface area contributed by atoms with E-state index in [-0.39, 0.29) is 0 Å². The fourth-order valence-electron chi connectivity index (χ4n) is 4.60. The van der Waals surface area contributed by atoms with Crippen LogP contribution in [-0.4, -0.2) is 36.2 Å². The van der Waals surface area contributed by atoms with Crippen LogP contribution in [0, 0.1) is 0 Å². The zero-order valence-corrected chi connectivity index (χ0v) is 17.7. The molecule has 5 heteroatoms. The zero-order chi connectivity index (χ0) is 20.5. The highest BCUT2D eigenvalue weighted by Crippen LogP contribution is 2.37. The van der Waals surface area contributed by atoms with Crippen molar-refractivity contribution in [1.29, 1.82) is 0 Å². The number of aromatic nitrogens is 1. The minimum atomic E-state index is 0.429. The second-order valence-corrected chi connectivity index (χ2v) is 8.60. The molecule has 0 fully saturated rings. The number of nitrogens with zero attached hydrogens (tertiary/aromatic N) is 2. The Morgan fingerprint density at radius 2 is 2.00 bits per heavy atom. The summed E-state index contributed by atoms with van der Waals surface area (Å²) in [5.41, 5.74) is 10.9. The highest BCUT2D eigenvalue weighted by Gasteiger charge is 2.28. The van der Waals surface area contributed by atoms with Gasteiger partial charge in [-0.1, -0.05) is 50.2 Å². The lowest BCUT2D eigenvalue weighted by Crippen LogP contribution is -2.30. The van der Waals surface area contributed by atoms with Crippen LogP contribution >= 0.6 is 0 Å². The predicted molar refractivity (Wildman–Crippen MR) is 125 cm³/mol. The largest absolute Gasteiger partial charge is 0.370 e. The molecule has 2 aliphatic rings. The third kappa shape index (κ3) is 3.60. The van der Waals surface area contributed by atoms with E-state index in [1.165, 1.54) is 33.3 Å². The Bertz CT molecular complexity index is 1110. The third-order valence-electron chi connectivity index (χ3n) is 6.22. The van der Waals surface area contributed by atoms with E-state index in [0.717, 1.165) is 37.5 Å². The number of rotatable bonds is 5. The molecule has 0 bridgehead atoms. The average Bonchev–Trinajstić information content (AvgIpc) is 3.41. The monoisotopic (exact) mass is 399 g/mol. The summed E-state index contributed by atoms with van der Waals surface area (Å²) in [6.45, 7) is 6.92. The maximum Gasteiger partial charge on any atom is 0.118 e. The lowest BCUT2D eigenvalue weighted by Gasteiger charge is -2.24. The Morgan fingerprint density at radius 1 is 1.13 bits per heavy atom. The molecule has 1 atom stereocenters. The molecule has 3 aromatic rings. The minimum Gasteiger partial charge on any atom is -0.370 e. The standard InChI is InChI=1S/C25H29N5/c1-16(2)18-8-9-21-20(12-18)25-22(29-21)13-19(17-6-4-3-5-7-17)14-23(25)30-28-15-24-26-10-11-27-24/h3-9,12,16,19,28-29H,10-11,13-15H2,1-2H3,(H,26,27). The van der Waals surface area contributed by atoms with Crippen molar-refractivity contribution in [3.8, 4) is 0 Å². The van der Waals surface area contributed by atoms with Crippen molar-refractivity contribution in [2.75, 3.05) is 19.6 Å². The van der Waals surface area contributed by atoms with E-state index in [1.54, 1.807) is 0 Å². The molecule has 5 rings (SSSR count). The van der Waals surface area contributed by atoms with Gasteiger partial charge in [-0.25, -0.2) is 0 Å². The van der Waals surface area contributed by atoms with Gasteiger partial charge in [0.1, 0.15) is 5.84 Å². The fourth-order valence-corrected chi connectivity index (χ4v) is 4.60. The Balaban J connectivity index is 1.54. The van der Waals surface area contributed by atoms with Crippen LogP contribution < -0.4 is 10.7 Å². The molecule has 1 aliphatic heterocycles. The lowest BCUT2D eigenvalue weighted by atomic mass is 9.81. The second-order valence-electron chi connectivity index (χ2n) is 8.60. The van der Waals surface area contributed by atoms with Crippen LogP contribution in [0.4, 0.5) is 0 Å². The number of H-pyrrole nitrogens is 1. The molecule has 1 unspecified atom stereocenters. The number of nitrogens with one attached hydrogen (secondary N) is 3. The second kappa shape index (κ2) is 7.98. The number of hydrogen-bond acceptors (Lipinski definition) is 4. The van der Waals surface area contributed by atoms with E-state index < -0.39 is 0 Å². The van der Waals surface area contributed by atoms with Gasteiger partial charge in [0.05, 0.1) is 18.8 Å². The minimum absolute atomic E-state index is 0.429. The summed E-state index contributed by atoms with van der Waals surface area (Å²) in [6, 6.07) is 17.6. The van der Waals surface area contributed by atoms with Gasteiger partial charge in [-0.15, -0.1) is 0 Å². The molecule has 5 nitrogen and oxygen atoms in total. The Morgan fingerprint density at radius 3 is 2.77 bits per heavy atom. The molecule has 30 heavy (non-hydrogen) atoms. The van der Waals surface area contributed by atoms with Crippen molar-refractivity contribution in [2.45, 2.75) is 38.5 Å². The molecule has 0 spiro atoms. The summed E-state index contributed by atoms with van der Waals surface area (Å²) >= 11 is 0. The van der Waals surface area contributed by atoms with E-state index in [9.17, 15) is 0 Å². The molecule has 154 valence electrons. The quantitative estimate of drug-likeness (QED) is 0.560. The van der Waals surface area contributed by atoms with Gasteiger partial charge in [0.25, 0.3) is 0 Å². The van der Waals surface area contributed by atoms with Crippen LogP contribution in [0.2, 0.25) is 0 Å². The van der Waals surface area contributed by atoms with Crippen molar-refractivity contribution in [3.05, 3.63) is 70.9 Å². The van der Waals surface area contributed by atoms with Crippen molar-refractivity contribution >= 4 is 22.5 Å². The number of amidine groups is 1. The molecule has 2 heterocycles. The number of aliphatic imine (C=N–C) groups is 1. The Hall–Kier alpha value is -3.08. The number of hydrogen-bond donors (Lipinski definition) is 3. The Kier molecular flexibility index (Phi) is 5.03. The van der Waals surface area contributed by atoms with E-state index in [4.69, 9.17) is 5.10 Å². The first-order valence-electron chi connectivity index (χ1n) is 11.0. The van der Waals surface area contributed by atoms with Crippen LogP contribution in [-0.2, 0) is 6.42 Å². The van der Waals surface area contributed by atoms with Crippen LogP contribution in [0.3, 0.4) is 0 Å². The topological polar surface area (TPSA) is 64.6 Å². The normalized spacial score (nSPS) is 19.8. The summed E-state index contributed by atoms with van der Waals surface area (Å²) in [6.07, 6.45) is 1.95. The summed E-state index contributed by atoms with van der Waals surface area (Å²) in [7, 11) is 0. The van der Waals surface area contributed by atoms with Gasteiger partial charge in [-0.2, -0.15) is 5.10 Å². The van der Waals surface area contributed by atoms with Crippen LogP contribution in [0.15, 0.2) is 58.6 Å². The molecule has 0 saturated heterocycles. The highest BCUT2D eigenvalue weighted by molar-refractivity contribution is 6.13. The molecule has 0 amide bonds. The summed E-state index contributed by atoms with van der Waals surface area (Å²) in [4.78, 5) is 8.16. The van der Waals surface area contributed by atoms with Gasteiger partial charge in [0.2, 0.25) is 0 Å². The summed E-state index contributed by atoms with van der Waals surface area (Å²) in [5, 5.41) is 9.48. The SMILES string of the molecule is CC(C)c1ccc2[nH]c3c(c2c1)C(=NNCC1=NCCN1)CC(c1ccccc1)C3. The van der Waals surface area contributed by atoms with Gasteiger partial charge in [0, 0.05) is 28.7 Å². The van der Waals surface area contributed by atoms with E-state index in [0.29, 0.717) is 18.4 Å². The van der Waals surface area contributed by atoms with Crippen LogP contribution in [0.25, 0.3) is 10.9 Å². The molecule has 1 aliphatic carbocycles. The van der Waals surface area contributed by atoms with Gasteiger partial charge in [-0.3, -0.25) is 4.99 Å². The van der Waals surface area contributed by atoms with Crippen molar-refractivity contribution in [3.63, 3.8) is 0 Å². The van der Waals surface area contributed by atoms with Gasteiger partial charge in [-0.05, 0) is 47.9 Å². The van der Waals surface area contributed by atoms with E-state index in [2.05, 4.69) is 83.1 Å². The van der Waals surface area contributed by atoms with E-state index in [1.807, 2.05) is 0 Å². The Labute approximate surface area is 177 Å². The number of benzene rings is 2. The highest BCUT2D eigenvalue weighted by atomic mass is 15.3. The molecule has 1 aromatic heterocycles. The molecule has 0 radical (unpaired) electrons. The molecule has 2 aromatic carbocycles. The van der Waals surface area contributed by atoms with Crippen LogP contribution in [0.1, 0.15) is 54.5 Å². The van der Waals surface area contributed by atoms with Gasteiger partial charge < -0.3 is 15.7 Å². The third-order valence-corrected chi connectivity index (χ3v) is 6.22. The molecule has 3 N–H and O–H groups in total. The first kappa shape index (κ1) is 18.9. The van der Waals surface area contributed by atoms with Crippen molar-refractivity contribution in [1.82, 2.24) is 15.7 Å². The van der Waals surface area contributed by atoms with E-state index >= 15 is 0 Å². The summed E-state index contributed by atoms with van der Waals surface area (Å²) in [5.74, 6) is 1.93. The number of aromatic amines is 1. The predicted octanol–water partition coefficient (Wildman–Crippen LogP) is 4.32. The maximum absolute atomic E-state index is 4.89. The first-order chi connectivity index (χ1) is 14.7. The average molecular weight is 400 g/mol. The van der Waals surface area contributed by atoms with Crippen molar-refractivity contribution < 1.29 is 0 Å². The number of hydrazone groups is 1. The lowest BCUT2D eigenvalue weighted by molar-refractivity contribution is 0.678. The fraction of sp³-hybridized carbons (Fsp3) is 0.360. The summed E-state index contributed by atoms with van der Waals surface area (Å²) < 4.78 is 0. The van der Waals surface area contributed by atoms with Crippen LogP contribution in [0.5, 0.6) is 0 Å². The maximum atomic E-state index is 4.89. The molecule has 0 saturated carbocycles. The van der Waals surface area contributed by atoms with Gasteiger partial charge >= 0.3 is 0 Å². The molecular formula is C25H29N5. The first-order valence-corrected chi connectivity index (χ1v) is 11.0. The molecular weight excluding hydrogens is 370 g/mol. The number of fused-ring (bicyclic) bond motifs is 3. The van der Waals surface area contributed by atoms with Crippen molar-refractivity contribution in [2.24, 2.45) is 10.1 Å².